The van der Waals surface area contributed by atoms with Crippen LogP contribution in [0.4, 0.5) is 11.6 Å². The Morgan fingerprint density at radius 2 is 1.68 bits per heavy atom. The Labute approximate surface area is 172 Å². The van der Waals surface area contributed by atoms with Crippen molar-refractivity contribution in [3.8, 4) is 11.3 Å². The number of anilines is 2. The summed E-state index contributed by atoms with van der Waals surface area (Å²) < 4.78 is 27.7. The van der Waals surface area contributed by atoms with Crippen molar-refractivity contribution in [3.05, 3.63) is 65.2 Å². The highest BCUT2D eigenvalue weighted by Gasteiger charge is 2.22. The Balaban J connectivity index is 2.04. The van der Waals surface area contributed by atoms with Crippen molar-refractivity contribution in [1.29, 1.82) is 0 Å². The summed E-state index contributed by atoms with van der Waals surface area (Å²) in [5.74, 6) is 0.263. The van der Waals surface area contributed by atoms with Gasteiger partial charge in [-0.05, 0) is 24.3 Å². The predicted molar refractivity (Wildman–Crippen MR) is 121 cm³/mol. The SMILES string of the molecule is BC(B)(B)c1ccccc1-c1nc(NS(=O)(=O)c2cccc(N)n2)ccc1Cl. The summed E-state index contributed by atoms with van der Waals surface area (Å²) in [6.07, 6.45) is 0. The van der Waals surface area contributed by atoms with Gasteiger partial charge in [-0.2, -0.15) is 8.42 Å². The smallest absolute Gasteiger partial charge is 0.280 e. The summed E-state index contributed by atoms with van der Waals surface area (Å²) in [6.45, 7) is 0. The van der Waals surface area contributed by atoms with E-state index in [0.717, 1.165) is 11.1 Å². The minimum Gasteiger partial charge on any atom is -0.384 e. The maximum Gasteiger partial charge on any atom is 0.280 e. The first-order valence-corrected chi connectivity index (χ1v) is 10.5. The van der Waals surface area contributed by atoms with E-state index in [1.54, 1.807) is 6.07 Å². The molecule has 1 aromatic carbocycles. The summed E-state index contributed by atoms with van der Waals surface area (Å²) in [4.78, 5) is 8.33. The molecule has 0 atom stereocenters. The number of pyridine rings is 2. The second-order valence-corrected chi connectivity index (χ2v) is 9.37. The van der Waals surface area contributed by atoms with Gasteiger partial charge in [0.15, 0.2) is 5.03 Å². The van der Waals surface area contributed by atoms with Gasteiger partial charge < -0.3 is 5.73 Å². The Kier molecular flexibility index (Phi) is 5.45. The van der Waals surface area contributed by atoms with E-state index in [2.05, 4.69) is 38.2 Å². The molecule has 0 saturated carbocycles. The third-order valence-electron chi connectivity index (χ3n) is 4.10. The highest BCUT2D eigenvalue weighted by atomic mass is 35.5. The third-order valence-corrected chi connectivity index (χ3v) is 5.66. The summed E-state index contributed by atoms with van der Waals surface area (Å²) in [5, 5.41) is 0.116. The second kappa shape index (κ2) is 7.52. The topological polar surface area (TPSA) is 98.0 Å². The maximum absolute atomic E-state index is 12.6. The summed E-state index contributed by atoms with van der Waals surface area (Å²) in [7, 11) is 2.35. The van der Waals surface area contributed by atoms with Crippen LogP contribution in [0.1, 0.15) is 5.56 Å². The number of aromatic nitrogens is 2. The molecule has 0 fully saturated rings. The molecule has 0 aliphatic rings. The van der Waals surface area contributed by atoms with Crippen molar-refractivity contribution in [2.24, 2.45) is 0 Å². The molecule has 0 amide bonds. The van der Waals surface area contributed by atoms with E-state index in [9.17, 15) is 8.42 Å². The van der Waals surface area contributed by atoms with Crippen molar-refractivity contribution in [1.82, 2.24) is 9.97 Å². The Hall–Kier alpha value is -2.45. The molecule has 28 heavy (non-hydrogen) atoms. The molecular formula is C17H18B3ClN4O2S. The number of halogens is 1. The van der Waals surface area contributed by atoms with Crippen molar-refractivity contribution in [3.63, 3.8) is 0 Å². The van der Waals surface area contributed by atoms with Crippen LogP contribution in [0.15, 0.2) is 59.6 Å². The minimum atomic E-state index is -3.93. The number of nitrogens with two attached hydrogens (primary N) is 1. The van der Waals surface area contributed by atoms with Crippen molar-refractivity contribution >= 4 is 56.8 Å². The van der Waals surface area contributed by atoms with Gasteiger partial charge in [-0.25, -0.2) is 9.97 Å². The Morgan fingerprint density at radius 3 is 2.36 bits per heavy atom. The molecule has 0 unspecified atom stereocenters. The fraction of sp³-hybridized carbons (Fsp3) is 0.0588. The summed E-state index contributed by atoms with van der Waals surface area (Å²) >= 11 is 6.39. The first-order valence-electron chi connectivity index (χ1n) is 8.60. The lowest BCUT2D eigenvalue weighted by Gasteiger charge is -2.23. The number of hydrogen-bond donors (Lipinski definition) is 2. The molecule has 0 bridgehead atoms. The van der Waals surface area contributed by atoms with E-state index < -0.39 is 10.0 Å². The first-order chi connectivity index (χ1) is 13.1. The zero-order valence-electron chi connectivity index (χ0n) is 15.8. The van der Waals surface area contributed by atoms with E-state index in [0.29, 0.717) is 10.7 Å². The van der Waals surface area contributed by atoms with E-state index in [4.69, 9.17) is 17.3 Å². The van der Waals surface area contributed by atoms with Crippen molar-refractivity contribution in [2.75, 3.05) is 10.5 Å². The van der Waals surface area contributed by atoms with Gasteiger partial charge in [0, 0.05) is 5.56 Å². The van der Waals surface area contributed by atoms with Gasteiger partial charge in [0.05, 0.1) is 34.3 Å². The molecule has 3 N–H and O–H groups in total. The largest absolute Gasteiger partial charge is 0.384 e. The Morgan fingerprint density at radius 1 is 0.964 bits per heavy atom. The number of hydrogen-bond acceptors (Lipinski definition) is 5. The monoisotopic (exact) mass is 410 g/mol. The number of nitrogens with one attached hydrogen (secondary N) is 1. The molecular weight excluding hydrogens is 392 g/mol. The molecule has 0 aliphatic heterocycles. The van der Waals surface area contributed by atoms with Crippen LogP contribution in [0, 0.1) is 0 Å². The van der Waals surface area contributed by atoms with E-state index in [-0.39, 0.29) is 21.8 Å². The van der Waals surface area contributed by atoms with Gasteiger partial charge in [0.1, 0.15) is 11.6 Å². The number of benzene rings is 1. The van der Waals surface area contributed by atoms with Gasteiger partial charge in [-0.1, -0.05) is 52.6 Å². The average molecular weight is 410 g/mol. The number of nitrogens with zero attached hydrogens (tertiary/aromatic N) is 2. The van der Waals surface area contributed by atoms with E-state index >= 15 is 0 Å². The van der Waals surface area contributed by atoms with Crippen LogP contribution in [-0.4, -0.2) is 41.9 Å². The molecule has 3 rings (SSSR count). The van der Waals surface area contributed by atoms with Crippen LogP contribution in [-0.2, 0) is 15.1 Å². The molecule has 3 aromatic rings. The van der Waals surface area contributed by atoms with Crippen LogP contribution in [0.2, 0.25) is 5.02 Å². The van der Waals surface area contributed by atoms with E-state index in [1.165, 1.54) is 24.3 Å². The number of rotatable bonds is 5. The molecule has 2 heterocycles. The molecule has 0 spiro atoms. The average Bonchev–Trinajstić information content (AvgIpc) is 2.62. The van der Waals surface area contributed by atoms with Crippen molar-refractivity contribution < 1.29 is 8.42 Å². The van der Waals surface area contributed by atoms with Crippen LogP contribution in [0.3, 0.4) is 0 Å². The normalized spacial score (nSPS) is 11.9. The molecule has 11 heteroatoms. The zero-order valence-corrected chi connectivity index (χ0v) is 17.3. The lowest BCUT2D eigenvalue weighted by atomic mass is 9.39. The fourth-order valence-electron chi connectivity index (χ4n) is 2.80. The quantitative estimate of drug-likeness (QED) is 0.586. The van der Waals surface area contributed by atoms with Gasteiger partial charge in [-0.3, -0.25) is 4.72 Å². The molecule has 0 radical (unpaired) electrons. The predicted octanol–water partition coefficient (Wildman–Crippen LogP) is 0.190. The highest BCUT2D eigenvalue weighted by Crippen LogP contribution is 2.33. The number of sulfonamides is 1. The van der Waals surface area contributed by atoms with Crippen LogP contribution < -0.4 is 10.5 Å². The van der Waals surface area contributed by atoms with Gasteiger partial charge in [-0.15, -0.1) is 0 Å². The fourth-order valence-corrected chi connectivity index (χ4v) is 3.99. The standard InChI is InChI=1S/C17H18B3ClN4O2S/c18-17(19,20)11-5-2-1-4-10(11)16-12(21)8-9-14(24-16)25-28(26,27)15-7-3-6-13(22)23-15/h1-9H,18-20H2,(H2,22,23)(H,24,25). The molecule has 140 valence electrons. The van der Waals surface area contributed by atoms with Gasteiger partial charge in [0.25, 0.3) is 10.0 Å². The first kappa shape index (κ1) is 20.3. The molecule has 0 aliphatic carbocycles. The van der Waals surface area contributed by atoms with Crippen molar-refractivity contribution in [2.45, 2.75) is 10.1 Å². The summed E-state index contributed by atoms with van der Waals surface area (Å²) in [6, 6.07) is 15.3. The minimum absolute atomic E-state index is 0.117. The highest BCUT2D eigenvalue weighted by molar-refractivity contribution is 7.92. The van der Waals surface area contributed by atoms with Gasteiger partial charge in [0.2, 0.25) is 0 Å². The molecule has 2 aromatic heterocycles. The second-order valence-electron chi connectivity index (χ2n) is 7.33. The van der Waals surface area contributed by atoms with Crippen LogP contribution >= 0.6 is 11.6 Å². The third kappa shape index (κ3) is 4.34. The van der Waals surface area contributed by atoms with Crippen LogP contribution in [0.5, 0.6) is 0 Å². The van der Waals surface area contributed by atoms with Gasteiger partial charge >= 0.3 is 0 Å². The lowest BCUT2D eigenvalue weighted by Crippen LogP contribution is -2.27. The number of nitrogen functional groups attached to an aromatic ring is 1. The van der Waals surface area contributed by atoms with E-state index in [1.807, 2.05) is 24.3 Å². The zero-order chi connectivity index (χ0) is 20.5. The molecule has 6 nitrogen and oxygen atoms in total. The Bertz CT molecular complexity index is 1140. The molecule has 0 saturated heterocycles. The lowest BCUT2D eigenvalue weighted by molar-refractivity contribution is 0.597. The summed E-state index contributed by atoms with van der Waals surface area (Å²) in [5.41, 5.74) is 8.00. The maximum atomic E-state index is 12.6. The van der Waals surface area contributed by atoms with Crippen LogP contribution in [0.25, 0.3) is 11.3 Å².